The van der Waals surface area contributed by atoms with Crippen molar-refractivity contribution in [1.29, 1.82) is 0 Å². The lowest BCUT2D eigenvalue weighted by Crippen LogP contribution is -2.39. The maximum absolute atomic E-state index is 13.5. The highest BCUT2D eigenvalue weighted by Crippen LogP contribution is 2.13. The summed E-state index contributed by atoms with van der Waals surface area (Å²) in [5, 5.41) is 2.71. The number of hydrogen-bond acceptors (Lipinski definition) is 4. The van der Waals surface area contributed by atoms with Crippen LogP contribution in [0.25, 0.3) is 0 Å². The number of ether oxygens (including phenoxy) is 1. The molecule has 132 valence electrons. The second kappa shape index (κ2) is 8.75. The molecule has 0 aliphatic carbocycles. The Kier molecular flexibility index (Phi) is 6.69. The van der Waals surface area contributed by atoms with Crippen molar-refractivity contribution >= 4 is 17.5 Å². The fraction of sp³-hybridized carbons (Fsp3) is 0.529. The van der Waals surface area contributed by atoms with Crippen molar-refractivity contribution < 1.29 is 18.7 Å². The van der Waals surface area contributed by atoms with Crippen LogP contribution in [0.3, 0.4) is 0 Å². The third kappa shape index (κ3) is 5.28. The standard InChI is InChI=1S/C17H24FN3O3/c1-13-4-5-14(10-15(13)18)19-16(22)11-20-6-3-7-21(9-8-20)17(23)12-24-2/h4-5,10H,3,6-9,11-12H2,1-2H3,(H,19,22). The third-order valence-corrected chi connectivity index (χ3v) is 4.03. The molecule has 1 aliphatic heterocycles. The number of rotatable bonds is 5. The molecule has 1 aliphatic rings. The van der Waals surface area contributed by atoms with Crippen molar-refractivity contribution in [2.45, 2.75) is 13.3 Å². The minimum atomic E-state index is -0.338. The van der Waals surface area contributed by atoms with E-state index >= 15 is 0 Å². The summed E-state index contributed by atoms with van der Waals surface area (Å²) in [4.78, 5) is 27.7. The van der Waals surface area contributed by atoms with Crippen molar-refractivity contribution in [3.63, 3.8) is 0 Å². The van der Waals surface area contributed by atoms with E-state index in [2.05, 4.69) is 5.32 Å². The van der Waals surface area contributed by atoms with E-state index in [1.54, 1.807) is 24.0 Å². The lowest BCUT2D eigenvalue weighted by Gasteiger charge is -2.21. The Morgan fingerprint density at radius 3 is 2.75 bits per heavy atom. The lowest BCUT2D eigenvalue weighted by molar-refractivity contribution is -0.135. The third-order valence-electron chi connectivity index (χ3n) is 4.03. The summed E-state index contributed by atoms with van der Waals surface area (Å²) in [6, 6.07) is 4.64. The van der Waals surface area contributed by atoms with Crippen LogP contribution in [0.2, 0.25) is 0 Å². The zero-order valence-electron chi connectivity index (χ0n) is 14.2. The number of hydrogen-bond donors (Lipinski definition) is 1. The first-order valence-corrected chi connectivity index (χ1v) is 8.04. The molecule has 6 nitrogen and oxygen atoms in total. The zero-order valence-corrected chi connectivity index (χ0v) is 14.2. The molecule has 1 heterocycles. The van der Waals surface area contributed by atoms with Gasteiger partial charge in [-0.1, -0.05) is 6.07 Å². The first-order valence-electron chi connectivity index (χ1n) is 8.04. The number of amides is 2. The van der Waals surface area contributed by atoms with Gasteiger partial charge in [-0.2, -0.15) is 0 Å². The van der Waals surface area contributed by atoms with Gasteiger partial charge in [0.05, 0.1) is 6.54 Å². The van der Waals surface area contributed by atoms with E-state index < -0.39 is 0 Å². The second-order valence-corrected chi connectivity index (χ2v) is 5.96. The van der Waals surface area contributed by atoms with E-state index in [0.717, 1.165) is 13.0 Å². The normalized spacial score (nSPS) is 15.9. The van der Waals surface area contributed by atoms with Gasteiger partial charge in [-0.15, -0.1) is 0 Å². The molecule has 0 saturated carbocycles. The molecule has 0 atom stereocenters. The fourth-order valence-corrected chi connectivity index (χ4v) is 2.67. The predicted molar refractivity (Wildman–Crippen MR) is 89.3 cm³/mol. The van der Waals surface area contributed by atoms with E-state index in [-0.39, 0.29) is 30.8 Å². The number of aryl methyl sites for hydroxylation is 1. The maximum Gasteiger partial charge on any atom is 0.248 e. The molecular formula is C17H24FN3O3. The summed E-state index contributed by atoms with van der Waals surface area (Å²) < 4.78 is 18.4. The van der Waals surface area contributed by atoms with E-state index in [0.29, 0.717) is 30.9 Å². The Hall–Kier alpha value is -1.99. The van der Waals surface area contributed by atoms with Gasteiger partial charge in [0.25, 0.3) is 0 Å². The first-order chi connectivity index (χ1) is 11.5. The Bertz CT molecular complexity index is 594. The maximum atomic E-state index is 13.5. The van der Waals surface area contributed by atoms with Crippen molar-refractivity contribution in [1.82, 2.24) is 9.80 Å². The molecule has 0 unspecified atom stereocenters. The van der Waals surface area contributed by atoms with Gasteiger partial charge in [-0.25, -0.2) is 4.39 Å². The van der Waals surface area contributed by atoms with Crippen LogP contribution < -0.4 is 5.32 Å². The van der Waals surface area contributed by atoms with Crippen LogP contribution in [0.1, 0.15) is 12.0 Å². The highest BCUT2D eigenvalue weighted by molar-refractivity contribution is 5.92. The Labute approximate surface area is 141 Å². The van der Waals surface area contributed by atoms with Gasteiger partial charge in [0.15, 0.2) is 0 Å². The number of carbonyl (C=O) groups excluding carboxylic acids is 2. The lowest BCUT2D eigenvalue weighted by atomic mass is 10.2. The Morgan fingerprint density at radius 2 is 2.04 bits per heavy atom. The van der Waals surface area contributed by atoms with Crippen LogP contribution >= 0.6 is 0 Å². The van der Waals surface area contributed by atoms with Gasteiger partial charge in [0.1, 0.15) is 12.4 Å². The monoisotopic (exact) mass is 337 g/mol. The van der Waals surface area contributed by atoms with Gasteiger partial charge in [-0.3, -0.25) is 14.5 Å². The number of halogens is 1. The summed E-state index contributed by atoms with van der Waals surface area (Å²) in [5.41, 5.74) is 0.996. The molecule has 2 amide bonds. The van der Waals surface area contributed by atoms with Crippen molar-refractivity contribution in [2.75, 3.05) is 51.8 Å². The SMILES string of the molecule is COCC(=O)N1CCCN(CC(=O)Nc2ccc(C)c(F)c2)CC1. The van der Waals surface area contributed by atoms with Crippen LogP contribution in [0, 0.1) is 12.7 Å². The summed E-state index contributed by atoms with van der Waals surface area (Å²) in [6.07, 6.45) is 0.807. The van der Waals surface area contributed by atoms with Gasteiger partial charge < -0.3 is 15.0 Å². The number of nitrogens with one attached hydrogen (secondary N) is 1. The second-order valence-electron chi connectivity index (χ2n) is 5.96. The fourth-order valence-electron chi connectivity index (χ4n) is 2.67. The van der Waals surface area contributed by atoms with Crippen LogP contribution in [0.4, 0.5) is 10.1 Å². The molecule has 2 rings (SSSR count). The number of carbonyl (C=O) groups is 2. The van der Waals surface area contributed by atoms with Gasteiger partial charge in [-0.05, 0) is 31.0 Å². The summed E-state index contributed by atoms with van der Waals surface area (Å²) in [5.74, 6) is -0.552. The molecule has 0 spiro atoms. The van der Waals surface area contributed by atoms with E-state index in [1.165, 1.54) is 13.2 Å². The minimum absolute atomic E-state index is 0.0288. The smallest absolute Gasteiger partial charge is 0.248 e. The Morgan fingerprint density at radius 1 is 1.25 bits per heavy atom. The molecule has 0 aromatic heterocycles. The molecule has 24 heavy (non-hydrogen) atoms. The molecule has 1 aromatic rings. The van der Waals surface area contributed by atoms with Crippen LogP contribution in [0.5, 0.6) is 0 Å². The average molecular weight is 337 g/mol. The van der Waals surface area contributed by atoms with Crippen LogP contribution in [0.15, 0.2) is 18.2 Å². The van der Waals surface area contributed by atoms with E-state index in [4.69, 9.17) is 4.74 Å². The average Bonchev–Trinajstić information content (AvgIpc) is 2.77. The Balaban J connectivity index is 1.83. The largest absolute Gasteiger partial charge is 0.375 e. The van der Waals surface area contributed by atoms with Gasteiger partial charge in [0.2, 0.25) is 11.8 Å². The predicted octanol–water partition coefficient (Wildman–Crippen LogP) is 1.25. The molecule has 1 saturated heterocycles. The van der Waals surface area contributed by atoms with Gasteiger partial charge in [0, 0.05) is 39.0 Å². The molecule has 0 bridgehead atoms. The van der Waals surface area contributed by atoms with Gasteiger partial charge >= 0.3 is 0 Å². The number of nitrogens with zero attached hydrogens (tertiary/aromatic N) is 2. The van der Waals surface area contributed by atoms with E-state index in [1.807, 2.05) is 4.90 Å². The number of anilines is 1. The van der Waals surface area contributed by atoms with E-state index in [9.17, 15) is 14.0 Å². The van der Waals surface area contributed by atoms with Crippen molar-refractivity contribution in [3.8, 4) is 0 Å². The quantitative estimate of drug-likeness (QED) is 0.879. The van der Waals surface area contributed by atoms with Crippen molar-refractivity contribution in [3.05, 3.63) is 29.6 Å². The van der Waals surface area contributed by atoms with Crippen molar-refractivity contribution in [2.24, 2.45) is 0 Å². The topological polar surface area (TPSA) is 61.9 Å². The molecule has 1 fully saturated rings. The molecular weight excluding hydrogens is 313 g/mol. The summed E-state index contributed by atoms with van der Waals surface area (Å²) >= 11 is 0. The molecule has 1 aromatic carbocycles. The molecule has 1 N–H and O–H groups in total. The first kappa shape index (κ1) is 18.4. The molecule has 7 heteroatoms. The number of methoxy groups -OCH3 is 1. The minimum Gasteiger partial charge on any atom is -0.375 e. The van der Waals surface area contributed by atoms with Crippen LogP contribution in [-0.4, -0.2) is 68.1 Å². The van der Waals surface area contributed by atoms with Crippen LogP contribution in [-0.2, 0) is 14.3 Å². The summed E-state index contributed by atoms with van der Waals surface area (Å²) in [7, 11) is 1.50. The molecule has 0 radical (unpaired) electrons. The number of benzene rings is 1. The highest BCUT2D eigenvalue weighted by atomic mass is 19.1. The summed E-state index contributed by atoms with van der Waals surface area (Å²) in [6.45, 7) is 4.60. The highest BCUT2D eigenvalue weighted by Gasteiger charge is 2.20. The zero-order chi connectivity index (χ0) is 17.5.